The summed E-state index contributed by atoms with van der Waals surface area (Å²) in [7, 11) is 5.26. The molecule has 0 saturated carbocycles. The van der Waals surface area contributed by atoms with Gasteiger partial charge in [0.25, 0.3) is 0 Å². The van der Waals surface area contributed by atoms with Crippen molar-refractivity contribution in [2.45, 2.75) is 13.1 Å². The predicted molar refractivity (Wildman–Crippen MR) is 51.3 cm³/mol. The Bertz CT molecular complexity index is 438. The normalized spacial score (nSPS) is 10.9. The summed E-state index contributed by atoms with van der Waals surface area (Å²) in [5, 5.41) is 11.0. The molecule has 0 amide bonds. The van der Waals surface area contributed by atoms with Gasteiger partial charge < -0.3 is 5.32 Å². The van der Waals surface area contributed by atoms with E-state index in [2.05, 4.69) is 15.3 Å². The fourth-order valence-electron chi connectivity index (χ4n) is 1.04. The molecule has 16 heavy (non-hydrogen) atoms. The Labute approximate surface area is 90.9 Å². The molecule has 1 rings (SSSR count). The number of nitrogens with one attached hydrogen (secondary N) is 1. The molecule has 0 aromatic carbocycles. The van der Waals surface area contributed by atoms with E-state index in [1.165, 1.54) is 6.07 Å². The molecular formula is C8H6BF3N4. The highest BCUT2D eigenvalue weighted by Crippen LogP contribution is 2.26. The van der Waals surface area contributed by atoms with E-state index in [9.17, 15) is 13.2 Å². The van der Waals surface area contributed by atoms with Gasteiger partial charge in [-0.3, -0.25) is 0 Å². The van der Waals surface area contributed by atoms with Crippen LogP contribution in [0.1, 0.15) is 18.4 Å². The second-order valence-electron chi connectivity index (χ2n) is 2.80. The van der Waals surface area contributed by atoms with Gasteiger partial charge in [-0.2, -0.15) is 18.4 Å². The van der Waals surface area contributed by atoms with Crippen molar-refractivity contribution < 1.29 is 13.2 Å². The van der Waals surface area contributed by atoms with E-state index >= 15 is 0 Å². The van der Waals surface area contributed by atoms with E-state index in [1.807, 2.05) is 0 Å². The smallest absolute Gasteiger partial charge is 0.371 e. The maximum Gasteiger partial charge on any atom is 0.432 e. The molecule has 1 N–H and O–H groups in total. The van der Waals surface area contributed by atoms with Crippen molar-refractivity contribution in [3.8, 4) is 6.07 Å². The highest BCUT2D eigenvalue weighted by atomic mass is 19.4. The van der Waals surface area contributed by atoms with Gasteiger partial charge in [0.05, 0.1) is 0 Å². The first-order valence-corrected chi connectivity index (χ1v) is 4.28. The third kappa shape index (κ3) is 2.42. The number of alkyl halides is 3. The summed E-state index contributed by atoms with van der Waals surface area (Å²) in [4.78, 5) is 6.59. The zero-order valence-electron chi connectivity index (χ0n) is 8.26. The van der Waals surface area contributed by atoms with Gasteiger partial charge in [-0.15, -0.1) is 0 Å². The molecule has 0 bridgehead atoms. The topological polar surface area (TPSA) is 61.6 Å². The summed E-state index contributed by atoms with van der Waals surface area (Å²) in [5.74, 6) is -0.751. The third-order valence-electron chi connectivity index (χ3n) is 1.66. The lowest BCUT2D eigenvalue weighted by molar-refractivity contribution is -0.140. The third-order valence-corrected chi connectivity index (χ3v) is 1.66. The zero-order chi connectivity index (χ0) is 12.3. The van der Waals surface area contributed by atoms with E-state index in [0.717, 1.165) is 0 Å². The number of aromatic nitrogens is 2. The summed E-state index contributed by atoms with van der Waals surface area (Å²) in [6.45, 7) is 2.00. The second-order valence-corrected chi connectivity index (χ2v) is 2.80. The Morgan fingerprint density at radius 3 is 2.50 bits per heavy atom. The van der Waals surface area contributed by atoms with Crippen molar-refractivity contribution in [2.75, 3.05) is 11.9 Å². The molecule has 2 radical (unpaired) electrons. The van der Waals surface area contributed by atoms with E-state index < -0.39 is 23.2 Å². The molecular weight excluding hydrogens is 220 g/mol. The van der Waals surface area contributed by atoms with Gasteiger partial charge in [0.1, 0.15) is 25.4 Å². The highest BCUT2D eigenvalue weighted by molar-refractivity contribution is 6.36. The van der Waals surface area contributed by atoms with Crippen LogP contribution in [0.2, 0.25) is 0 Å². The first-order valence-electron chi connectivity index (χ1n) is 4.28. The molecule has 0 aliphatic heterocycles. The summed E-state index contributed by atoms with van der Waals surface area (Å²) in [6.07, 6.45) is -4.71. The van der Waals surface area contributed by atoms with E-state index in [-0.39, 0.29) is 5.82 Å². The first-order chi connectivity index (χ1) is 7.40. The molecule has 4 nitrogen and oxygen atoms in total. The lowest BCUT2D eigenvalue weighted by Gasteiger charge is -2.13. The summed E-state index contributed by atoms with van der Waals surface area (Å²) in [5.41, 5.74) is -1.90. The Morgan fingerprint density at radius 2 is 2.06 bits per heavy atom. The zero-order valence-corrected chi connectivity index (χ0v) is 8.26. The first kappa shape index (κ1) is 12.3. The van der Waals surface area contributed by atoms with Crippen LogP contribution in [0.4, 0.5) is 19.0 Å². The van der Waals surface area contributed by atoms with Crippen LogP contribution in [-0.2, 0) is 6.18 Å². The van der Waals surface area contributed by atoms with Crippen molar-refractivity contribution >= 4 is 19.1 Å². The summed E-state index contributed by atoms with van der Waals surface area (Å²) >= 11 is 0. The van der Waals surface area contributed by atoms with Crippen LogP contribution in [0.3, 0.4) is 0 Å². The number of hydrogen-bond donors (Lipinski definition) is 1. The Balaban J connectivity index is 3.39. The maximum absolute atomic E-state index is 12.5. The van der Waals surface area contributed by atoms with E-state index in [4.69, 9.17) is 13.1 Å². The highest BCUT2D eigenvalue weighted by Gasteiger charge is 2.35. The van der Waals surface area contributed by atoms with Crippen molar-refractivity contribution in [1.82, 2.24) is 9.97 Å². The average Bonchev–Trinajstić information content (AvgIpc) is 2.19. The maximum atomic E-state index is 12.5. The standard InChI is InChI=1S/C8H6BF3N4/c1-2-14-7-5(9)6(8(10,11)12)15-4(3-13)16-7/h2H2,1H3,(H,14,15,16). The minimum atomic E-state index is -4.71. The monoisotopic (exact) mass is 226 g/mol. The number of nitriles is 1. The van der Waals surface area contributed by atoms with Gasteiger partial charge in [-0.05, 0) is 12.4 Å². The van der Waals surface area contributed by atoms with E-state index in [0.29, 0.717) is 6.54 Å². The molecule has 1 heterocycles. The number of halogens is 3. The Hall–Kier alpha value is -1.78. The van der Waals surface area contributed by atoms with Crippen LogP contribution in [-0.4, -0.2) is 24.4 Å². The van der Waals surface area contributed by atoms with Crippen molar-refractivity contribution in [3.63, 3.8) is 0 Å². The molecule has 82 valence electrons. The summed E-state index contributed by atoms with van der Waals surface area (Å²) < 4.78 is 37.4. The Morgan fingerprint density at radius 1 is 1.44 bits per heavy atom. The fourth-order valence-corrected chi connectivity index (χ4v) is 1.04. The van der Waals surface area contributed by atoms with Gasteiger partial charge >= 0.3 is 6.18 Å². The van der Waals surface area contributed by atoms with Crippen LogP contribution in [0, 0.1) is 11.3 Å². The van der Waals surface area contributed by atoms with Crippen LogP contribution >= 0.6 is 0 Å². The molecule has 0 aliphatic carbocycles. The second kappa shape index (κ2) is 4.39. The lowest BCUT2D eigenvalue weighted by Crippen LogP contribution is -2.27. The predicted octanol–water partition coefficient (Wildman–Crippen LogP) is 0.593. The SMILES string of the molecule is [B]c1c(NCC)nc(C#N)nc1C(F)(F)F. The molecule has 0 atom stereocenters. The van der Waals surface area contributed by atoms with Crippen molar-refractivity contribution in [3.05, 3.63) is 11.5 Å². The molecule has 1 aromatic rings. The van der Waals surface area contributed by atoms with Gasteiger partial charge in [-0.25, -0.2) is 9.97 Å². The number of hydrogen-bond acceptors (Lipinski definition) is 4. The fraction of sp³-hybridized carbons (Fsp3) is 0.375. The van der Waals surface area contributed by atoms with Crippen molar-refractivity contribution in [1.29, 1.82) is 5.26 Å². The van der Waals surface area contributed by atoms with Crippen LogP contribution in [0.5, 0.6) is 0 Å². The van der Waals surface area contributed by atoms with Gasteiger partial charge in [0, 0.05) is 6.54 Å². The lowest BCUT2D eigenvalue weighted by atomic mass is 9.94. The number of anilines is 1. The number of nitrogens with zero attached hydrogens (tertiary/aromatic N) is 3. The van der Waals surface area contributed by atoms with Crippen LogP contribution in [0.15, 0.2) is 0 Å². The summed E-state index contributed by atoms with van der Waals surface area (Å²) in [6, 6.07) is 1.45. The molecule has 0 aliphatic rings. The molecule has 8 heteroatoms. The van der Waals surface area contributed by atoms with Crippen molar-refractivity contribution in [2.24, 2.45) is 0 Å². The molecule has 0 saturated heterocycles. The molecule has 0 fully saturated rings. The van der Waals surface area contributed by atoms with Gasteiger partial charge in [0.15, 0.2) is 0 Å². The quantitative estimate of drug-likeness (QED) is 0.749. The molecule has 0 spiro atoms. The van der Waals surface area contributed by atoms with Crippen LogP contribution in [0.25, 0.3) is 0 Å². The minimum absolute atomic E-state index is 0.179. The molecule has 0 unspecified atom stereocenters. The van der Waals surface area contributed by atoms with E-state index in [1.54, 1.807) is 6.92 Å². The Kier molecular flexibility index (Phi) is 3.37. The van der Waals surface area contributed by atoms with Gasteiger partial charge in [-0.1, -0.05) is 0 Å². The minimum Gasteiger partial charge on any atom is -0.371 e. The average molecular weight is 226 g/mol. The number of rotatable bonds is 2. The van der Waals surface area contributed by atoms with Gasteiger partial charge in [0.2, 0.25) is 5.82 Å². The van der Waals surface area contributed by atoms with Crippen LogP contribution < -0.4 is 10.8 Å². The molecule has 1 aromatic heterocycles. The largest absolute Gasteiger partial charge is 0.432 e.